The Morgan fingerprint density at radius 1 is 0.333 bits per heavy atom. The van der Waals surface area contributed by atoms with Gasteiger partial charge >= 0.3 is 0 Å². The molecule has 48 heavy (non-hydrogen) atoms. The van der Waals surface area contributed by atoms with E-state index in [0.29, 0.717) is 0 Å². The Hall–Kier alpha value is -6.66. The number of aliphatic imine (C=N–C) groups is 3. The van der Waals surface area contributed by atoms with Crippen LogP contribution in [0.25, 0.3) is 33.8 Å². The summed E-state index contributed by atoms with van der Waals surface area (Å²) in [4.78, 5) is 27.6. The van der Waals surface area contributed by atoms with Crippen LogP contribution in [-0.4, -0.2) is 33.6 Å². The number of benzene rings is 4. The van der Waals surface area contributed by atoms with Crippen LogP contribution in [0.15, 0.2) is 179 Å². The summed E-state index contributed by atoms with van der Waals surface area (Å²) in [7, 11) is 0. The van der Waals surface area contributed by atoms with Gasteiger partial charge in [-0.1, -0.05) is 54.6 Å². The molecule has 0 radical (unpaired) electrons. The van der Waals surface area contributed by atoms with Gasteiger partial charge in [0, 0.05) is 53.9 Å². The van der Waals surface area contributed by atoms with Crippen LogP contribution >= 0.6 is 0 Å². The summed E-state index contributed by atoms with van der Waals surface area (Å²) in [5.74, 6) is 0. The van der Waals surface area contributed by atoms with Gasteiger partial charge in [-0.25, -0.2) is 0 Å². The van der Waals surface area contributed by atoms with Crippen molar-refractivity contribution < 1.29 is 0 Å². The molecule has 0 fully saturated rings. The summed E-state index contributed by atoms with van der Waals surface area (Å²) in [6.07, 6.45) is 11.0. The van der Waals surface area contributed by atoms with Gasteiger partial charge in [0.1, 0.15) is 0 Å². The van der Waals surface area contributed by atoms with E-state index in [9.17, 15) is 0 Å². The molecule has 4 aromatic carbocycles. The summed E-state index contributed by atoms with van der Waals surface area (Å²) in [6, 6.07) is 48.1. The van der Waals surface area contributed by atoms with Crippen LogP contribution < -0.4 is 0 Å². The van der Waals surface area contributed by atoms with Crippen LogP contribution in [0.5, 0.6) is 0 Å². The zero-order valence-electron chi connectivity index (χ0n) is 26.0. The average Bonchev–Trinajstić information content (AvgIpc) is 3.17. The molecule has 6 nitrogen and oxygen atoms in total. The van der Waals surface area contributed by atoms with Crippen molar-refractivity contribution in [1.82, 2.24) is 15.0 Å². The number of nitrogens with zero attached hydrogens (tertiary/aromatic N) is 6. The molecule has 7 aromatic rings. The van der Waals surface area contributed by atoms with Crippen molar-refractivity contribution in [3.8, 4) is 33.8 Å². The normalized spacial score (nSPS) is 11.5. The van der Waals surface area contributed by atoms with E-state index in [2.05, 4.69) is 33.2 Å². The minimum Gasteiger partial charge on any atom is -0.256 e. The lowest BCUT2D eigenvalue weighted by Gasteiger charge is -2.04. The summed E-state index contributed by atoms with van der Waals surface area (Å²) >= 11 is 0. The molecule has 0 N–H and O–H groups in total. The van der Waals surface area contributed by atoms with Gasteiger partial charge in [0.05, 0.1) is 34.1 Å². The molecule has 3 aromatic heterocycles. The van der Waals surface area contributed by atoms with E-state index < -0.39 is 0 Å². The van der Waals surface area contributed by atoms with Crippen molar-refractivity contribution in [3.63, 3.8) is 0 Å². The van der Waals surface area contributed by atoms with E-state index in [1.165, 1.54) is 0 Å². The lowest BCUT2D eigenvalue weighted by molar-refractivity contribution is 1.32. The van der Waals surface area contributed by atoms with E-state index >= 15 is 0 Å². The van der Waals surface area contributed by atoms with Gasteiger partial charge in [0.15, 0.2) is 0 Å². The van der Waals surface area contributed by atoms with Gasteiger partial charge in [-0.2, -0.15) is 0 Å². The topological polar surface area (TPSA) is 75.8 Å². The van der Waals surface area contributed by atoms with Crippen LogP contribution in [0.3, 0.4) is 0 Å². The second-order valence-corrected chi connectivity index (χ2v) is 11.0. The van der Waals surface area contributed by atoms with Gasteiger partial charge in [-0.3, -0.25) is 29.9 Å². The maximum atomic E-state index is 4.76. The highest BCUT2D eigenvalue weighted by molar-refractivity contribution is 5.93. The second kappa shape index (κ2) is 14.6. The molecule has 0 unspecified atom stereocenters. The van der Waals surface area contributed by atoms with Gasteiger partial charge in [-0.15, -0.1) is 0 Å². The Morgan fingerprint density at radius 3 is 0.875 bits per heavy atom. The predicted molar refractivity (Wildman–Crippen MR) is 197 cm³/mol. The summed E-state index contributed by atoms with van der Waals surface area (Å²) in [5.41, 5.74) is 11.3. The van der Waals surface area contributed by atoms with E-state index in [1.807, 2.05) is 146 Å². The van der Waals surface area contributed by atoms with E-state index in [0.717, 1.165) is 67.5 Å². The van der Waals surface area contributed by atoms with Crippen molar-refractivity contribution in [2.45, 2.75) is 0 Å². The molecule has 0 aliphatic heterocycles. The smallest absolute Gasteiger partial charge is 0.0701 e. The number of pyridine rings is 3. The highest BCUT2D eigenvalue weighted by Gasteiger charge is 2.03. The molecular formula is C42H30N6. The van der Waals surface area contributed by atoms with Crippen LogP contribution in [0.4, 0.5) is 17.1 Å². The van der Waals surface area contributed by atoms with Gasteiger partial charge in [0.25, 0.3) is 0 Å². The summed E-state index contributed by atoms with van der Waals surface area (Å²) < 4.78 is 0. The van der Waals surface area contributed by atoms with Crippen molar-refractivity contribution in [1.29, 1.82) is 0 Å². The maximum absolute atomic E-state index is 4.76. The van der Waals surface area contributed by atoms with Crippen LogP contribution in [-0.2, 0) is 0 Å². The maximum Gasteiger partial charge on any atom is 0.0701 e. The van der Waals surface area contributed by atoms with Crippen molar-refractivity contribution in [2.75, 3.05) is 0 Å². The number of hydrogen-bond acceptors (Lipinski definition) is 6. The molecule has 228 valence electrons. The average molecular weight is 619 g/mol. The monoisotopic (exact) mass is 618 g/mol. The molecule has 0 atom stereocenters. The van der Waals surface area contributed by atoms with E-state index in [1.54, 1.807) is 18.6 Å². The third-order valence-electron chi connectivity index (χ3n) is 7.57. The Labute approximate surface area is 279 Å². The van der Waals surface area contributed by atoms with Crippen molar-refractivity contribution >= 4 is 35.7 Å². The minimum atomic E-state index is 0.852. The molecule has 0 bridgehead atoms. The van der Waals surface area contributed by atoms with Crippen LogP contribution in [0.2, 0.25) is 0 Å². The standard InChI is InChI=1S/C42H30N6/c1-4-22-43-40(7-1)34-10-16-37(17-11-34)46-28-31-25-32(29-47-38-18-12-35(13-19-38)41-8-2-5-23-44-41)27-33(26-31)30-48-39-20-14-36(15-21-39)42-9-3-6-24-45-42/h1-30H. The lowest BCUT2D eigenvalue weighted by atomic mass is 10.1. The molecule has 0 spiro atoms. The largest absolute Gasteiger partial charge is 0.256 e. The first-order valence-corrected chi connectivity index (χ1v) is 15.6. The fraction of sp³-hybridized carbons (Fsp3) is 0. The second-order valence-electron chi connectivity index (χ2n) is 11.0. The van der Waals surface area contributed by atoms with Gasteiger partial charge in [-0.05, 0) is 108 Å². The molecule has 3 heterocycles. The first-order chi connectivity index (χ1) is 23.7. The molecule has 0 saturated carbocycles. The number of hydrogen-bond donors (Lipinski definition) is 0. The molecule has 7 rings (SSSR count). The highest BCUT2D eigenvalue weighted by atomic mass is 14.7. The fourth-order valence-electron chi connectivity index (χ4n) is 5.13. The fourth-order valence-corrected chi connectivity index (χ4v) is 5.13. The van der Waals surface area contributed by atoms with E-state index in [-0.39, 0.29) is 0 Å². The molecule has 0 aliphatic rings. The highest BCUT2D eigenvalue weighted by Crippen LogP contribution is 2.24. The zero-order valence-corrected chi connectivity index (χ0v) is 26.0. The Morgan fingerprint density at radius 2 is 0.625 bits per heavy atom. The predicted octanol–water partition coefficient (Wildman–Crippen LogP) is 10.1. The minimum absolute atomic E-state index is 0.852. The molecular weight excluding hydrogens is 589 g/mol. The first-order valence-electron chi connectivity index (χ1n) is 15.6. The summed E-state index contributed by atoms with van der Waals surface area (Å²) in [6.45, 7) is 0. The molecule has 0 aliphatic carbocycles. The SMILES string of the molecule is C(=Nc1ccc(-c2ccccn2)cc1)c1cc(C=Nc2ccc(-c3ccccn3)cc2)cc(C=Nc2ccc(-c3ccccn3)cc2)c1. The number of rotatable bonds is 9. The zero-order chi connectivity index (χ0) is 32.4. The first kappa shape index (κ1) is 30.0. The van der Waals surface area contributed by atoms with Gasteiger partial charge in [0.2, 0.25) is 0 Å². The van der Waals surface area contributed by atoms with Crippen LogP contribution in [0, 0.1) is 0 Å². The lowest BCUT2D eigenvalue weighted by Crippen LogP contribution is -1.92. The third-order valence-corrected chi connectivity index (χ3v) is 7.57. The quantitative estimate of drug-likeness (QED) is 0.151. The number of aromatic nitrogens is 3. The third kappa shape index (κ3) is 7.76. The Balaban J connectivity index is 1.14. The van der Waals surface area contributed by atoms with Gasteiger partial charge < -0.3 is 0 Å². The van der Waals surface area contributed by atoms with Crippen molar-refractivity contribution in [3.05, 3.63) is 181 Å². The molecule has 0 amide bonds. The molecule has 0 saturated heterocycles. The molecule has 6 heteroatoms. The Kier molecular flexibility index (Phi) is 9.15. The van der Waals surface area contributed by atoms with Crippen molar-refractivity contribution in [2.24, 2.45) is 15.0 Å². The Bertz CT molecular complexity index is 1910. The van der Waals surface area contributed by atoms with E-state index in [4.69, 9.17) is 15.0 Å². The van der Waals surface area contributed by atoms with Crippen LogP contribution in [0.1, 0.15) is 16.7 Å². The summed E-state index contributed by atoms with van der Waals surface area (Å²) in [5, 5.41) is 0.